The second kappa shape index (κ2) is 6.57. The Morgan fingerprint density at radius 1 is 1.43 bits per heavy atom. The van der Waals surface area contributed by atoms with Gasteiger partial charge in [0, 0.05) is 6.07 Å². The summed E-state index contributed by atoms with van der Waals surface area (Å²) in [6.45, 7) is 2.36. The van der Waals surface area contributed by atoms with Crippen molar-refractivity contribution in [3.63, 3.8) is 0 Å². The second-order valence-corrected chi connectivity index (χ2v) is 5.57. The number of hydrogen-bond acceptors (Lipinski definition) is 4. The van der Waals surface area contributed by atoms with Crippen LogP contribution < -0.4 is 10.5 Å². The fourth-order valence-corrected chi connectivity index (χ4v) is 2.83. The molecule has 1 aromatic heterocycles. The van der Waals surface area contributed by atoms with E-state index >= 15 is 0 Å². The van der Waals surface area contributed by atoms with E-state index in [1.807, 2.05) is 6.92 Å². The number of ether oxygens (including phenoxy) is 1. The molecule has 1 aromatic carbocycles. The first-order chi connectivity index (χ1) is 9.94. The number of nitrogens with one attached hydrogen (secondary N) is 1. The number of aromatic amines is 1. The molecule has 4 nitrogen and oxygen atoms in total. The summed E-state index contributed by atoms with van der Waals surface area (Å²) in [7, 11) is 0. The van der Waals surface area contributed by atoms with Crippen LogP contribution in [0.3, 0.4) is 0 Å². The molecule has 2 aromatic rings. The van der Waals surface area contributed by atoms with Crippen LogP contribution in [-0.4, -0.2) is 34.5 Å². The maximum atomic E-state index is 12.9. The molecule has 0 bridgehead atoms. The van der Waals surface area contributed by atoms with Gasteiger partial charge in [-0.25, -0.2) is 4.98 Å². The number of H-pyrrole nitrogens is 1. The van der Waals surface area contributed by atoms with E-state index in [1.54, 1.807) is 18.2 Å². The number of imidazole rings is 1. The van der Waals surface area contributed by atoms with Crippen molar-refractivity contribution in [3.05, 3.63) is 18.2 Å². The van der Waals surface area contributed by atoms with Crippen LogP contribution in [-0.2, 0) is 0 Å². The zero-order valence-electron chi connectivity index (χ0n) is 11.4. The van der Waals surface area contributed by atoms with Gasteiger partial charge in [-0.3, -0.25) is 0 Å². The minimum Gasteiger partial charge on any atom is -0.494 e. The lowest BCUT2D eigenvalue weighted by molar-refractivity contribution is -0.129. The van der Waals surface area contributed by atoms with Crippen molar-refractivity contribution in [2.45, 2.75) is 29.9 Å². The van der Waals surface area contributed by atoms with Crippen molar-refractivity contribution in [2.24, 2.45) is 5.73 Å². The summed E-state index contributed by atoms with van der Waals surface area (Å²) in [5, 5.41) is -1.33. The Morgan fingerprint density at radius 2 is 2.19 bits per heavy atom. The van der Waals surface area contributed by atoms with Crippen molar-refractivity contribution in [1.29, 1.82) is 0 Å². The van der Waals surface area contributed by atoms with E-state index in [9.17, 15) is 13.2 Å². The molecular formula is C13H16F3N3OS. The molecule has 2 rings (SSSR count). The standard InChI is InChI=1S/C13H16F3N3OS/c1-2-20-8-3-4-9-10(7-8)19-12(18-9)21-11(5-6-17)13(14,15)16/h3-4,7,11H,2,5-6,17H2,1H3,(H,18,19). The molecule has 116 valence electrons. The zero-order chi connectivity index (χ0) is 15.5. The van der Waals surface area contributed by atoms with Gasteiger partial charge >= 0.3 is 6.18 Å². The summed E-state index contributed by atoms with van der Waals surface area (Å²) in [4.78, 5) is 7.05. The van der Waals surface area contributed by atoms with Crippen molar-refractivity contribution in [2.75, 3.05) is 13.2 Å². The lowest BCUT2D eigenvalue weighted by Gasteiger charge is -2.17. The van der Waals surface area contributed by atoms with E-state index < -0.39 is 11.4 Å². The Kier molecular flexibility index (Phi) is 5.00. The quantitative estimate of drug-likeness (QED) is 0.802. The summed E-state index contributed by atoms with van der Waals surface area (Å²) in [5.41, 5.74) is 6.50. The molecular weight excluding hydrogens is 303 g/mol. The summed E-state index contributed by atoms with van der Waals surface area (Å²) in [6.07, 6.45) is -4.45. The first-order valence-electron chi connectivity index (χ1n) is 6.50. The number of fused-ring (bicyclic) bond motifs is 1. The van der Waals surface area contributed by atoms with E-state index in [4.69, 9.17) is 10.5 Å². The monoisotopic (exact) mass is 319 g/mol. The van der Waals surface area contributed by atoms with Gasteiger partial charge in [-0.15, -0.1) is 0 Å². The SMILES string of the molecule is CCOc1ccc2nc(SC(CCN)C(F)(F)F)[nH]c2c1. The third kappa shape index (κ3) is 4.04. The summed E-state index contributed by atoms with van der Waals surface area (Å²) < 4.78 is 44.0. The van der Waals surface area contributed by atoms with E-state index in [0.29, 0.717) is 35.2 Å². The first-order valence-corrected chi connectivity index (χ1v) is 7.38. The molecule has 0 saturated heterocycles. The van der Waals surface area contributed by atoms with E-state index in [1.165, 1.54) is 0 Å². The van der Waals surface area contributed by atoms with E-state index in [-0.39, 0.29) is 18.1 Å². The van der Waals surface area contributed by atoms with Crippen LogP contribution in [0.5, 0.6) is 5.75 Å². The first kappa shape index (κ1) is 16.0. The van der Waals surface area contributed by atoms with Crippen molar-refractivity contribution in [3.8, 4) is 5.75 Å². The fourth-order valence-electron chi connectivity index (χ4n) is 1.85. The van der Waals surface area contributed by atoms with Gasteiger partial charge in [0.1, 0.15) is 11.0 Å². The van der Waals surface area contributed by atoms with Gasteiger partial charge in [-0.2, -0.15) is 13.2 Å². The molecule has 1 heterocycles. The van der Waals surface area contributed by atoms with Gasteiger partial charge in [-0.1, -0.05) is 11.8 Å². The maximum absolute atomic E-state index is 12.9. The third-order valence-electron chi connectivity index (χ3n) is 2.79. The predicted molar refractivity (Wildman–Crippen MR) is 76.6 cm³/mol. The van der Waals surface area contributed by atoms with Crippen molar-refractivity contribution in [1.82, 2.24) is 9.97 Å². The lowest BCUT2D eigenvalue weighted by atomic mass is 10.3. The average molecular weight is 319 g/mol. The highest BCUT2D eigenvalue weighted by atomic mass is 32.2. The van der Waals surface area contributed by atoms with Crippen molar-refractivity contribution >= 4 is 22.8 Å². The Balaban J connectivity index is 2.21. The molecule has 8 heteroatoms. The molecule has 0 amide bonds. The number of rotatable bonds is 6. The number of aromatic nitrogens is 2. The molecule has 1 atom stereocenters. The van der Waals surface area contributed by atoms with E-state index in [0.717, 1.165) is 0 Å². The Hall–Kier alpha value is -1.41. The number of nitrogens with two attached hydrogens (primary N) is 1. The van der Waals surface area contributed by atoms with Gasteiger partial charge in [-0.05, 0) is 32.0 Å². The molecule has 0 aliphatic heterocycles. The van der Waals surface area contributed by atoms with Crippen LogP contribution in [0.15, 0.2) is 23.4 Å². The average Bonchev–Trinajstić information content (AvgIpc) is 2.79. The minimum atomic E-state index is -4.31. The number of thioether (sulfide) groups is 1. The van der Waals surface area contributed by atoms with Crippen LogP contribution in [0.25, 0.3) is 11.0 Å². The molecule has 0 spiro atoms. The summed E-state index contributed by atoms with van der Waals surface area (Å²) >= 11 is 0.653. The highest BCUT2D eigenvalue weighted by Gasteiger charge is 2.40. The van der Waals surface area contributed by atoms with Crippen LogP contribution in [0, 0.1) is 0 Å². The molecule has 0 aliphatic rings. The van der Waals surface area contributed by atoms with Gasteiger partial charge in [0.25, 0.3) is 0 Å². The van der Waals surface area contributed by atoms with Crippen LogP contribution in [0.1, 0.15) is 13.3 Å². The van der Waals surface area contributed by atoms with Crippen molar-refractivity contribution < 1.29 is 17.9 Å². The second-order valence-electron chi connectivity index (χ2n) is 4.38. The number of nitrogens with zero attached hydrogens (tertiary/aromatic N) is 1. The molecule has 0 aliphatic carbocycles. The smallest absolute Gasteiger partial charge is 0.401 e. The number of halogens is 3. The van der Waals surface area contributed by atoms with Crippen LogP contribution in [0.2, 0.25) is 0 Å². The Morgan fingerprint density at radius 3 is 2.81 bits per heavy atom. The lowest BCUT2D eigenvalue weighted by Crippen LogP contribution is -2.28. The highest BCUT2D eigenvalue weighted by Crippen LogP contribution is 2.36. The predicted octanol–water partition coefficient (Wildman–Crippen LogP) is 3.33. The summed E-state index contributed by atoms with van der Waals surface area (Å²) in [5.74, 6) is 0.652. The van der Waals surface area contributed by atoms with Crippen LogP contribution >= 0.6 is 11.8 Å². The number of alkyl halides is 3. The zero-order valence-corrected chi connectivity index (χ0v) is 12.2. The molecule has 0 saturated carbocycles. The van der Waals surface area contributed by atoms with E-state index in [2.05, 4.69) is 9.97 Å². The normalized spacial score (nSPS) is 13.6. The Bertz CT molecular complexity index is 600. The largest absolute Gasteiger partial charge is 0.494 e. The number of benzene rings is 1. The fraction of sp³-hybridized carbons (Fsp3) is 0.462. The van der Waals surface area contributed by atoms with Gasteiger partial charge in [0.2, 0.25) is 0 Å². The van der Waals surface area contributed by atoms with Gasteiger partial charge in [0.05, 0.1) is 17.6 Å². The molecule has 0 radical (unpaired) electrons. The van der Waals surface area contributed by atoms with Crippen LogP contribution in [0.4, 0.5) is 13.2 Å². The molecule has 0 fully saturated rings. The third-order valence-corrected chi connectivity index (χ3v) is 3.99. The number of hydrogen-bond donors (Lipinski definition) is 2. The topological polar surface area (TPSA) is 63.9 Å². The van der Waals surface area contributed by atoms with Gasteiger partial charge < -0.3 is 15.5 Å². The molecule has 1 unspecified atom stereocenters. The molecule has 21 heavy (non-hydrogen) atoms. The summed E-state index contributed by atoms with van der Waals surface area (Å²) in [6, 6.07) is 5.18. The minimum absolute atomic E-state index is 0.0219. The van der Waals surface area contributed by atoms with Gasteiger partial charge in [0.15, 0.2) is 5.16 Å². The highest BCUT2D eigenvalue weighted by molar-refractivity contribution is 7.99. The maximum Gasteiger partial charge on any atom is 0.401 e. The Labute approximate surface area is 124 Å². The molecule has 3 N–H and O–H groups in total.